The Morgan fingerprint density at radius 3 is 2.55 bits per heavy atom. The van der Waals surface area contributed by atoms with E-state index in [0.29, 0.717) is 5.75 Å². The standard InChI is InChI=1S/C16H14Br2N2O2/c1-22-15-7-6-14(18)9-12(15)10-19-20-16(21)8-11-2-4-13(17)5-3-11/h2-7,9-10H,8H2,1H3,(H,20,21)/b19-10+. The van der Waals surface area contributed by atoms with E-state index < -0.39 is 0 Å². The Labute approximate surface area is 145 Å². The highest BCUT2D eigenvalue weighted by Gasteiger charge is 2.03. The van der Waals surface area contributed by atoms with Gasteiger partial charge in [-0.1, -0.05) is 44.0 Å². The Bertz CT molecular complexity index is 685. The number of benzene rings is 2. The molecule has 0 aromatic heterocycles. The van der Waals surface area contributed by atoms with E-state index in [0.717, 1.165) is 20.1 Å². The number of hydrogen-bond donors (Lipinski definition) is 1. The first-order valence-electron chi connectivity index (χ1n) is 6.48. The lowest BCUT2D eigenvalue weighted by Crippen LogP contribution is -2.19. The van der Waals surface area contributed by atoms with Crippen LogP contribution in [0.2, 0.25) is 0 Å². The van der Waals surface area contributed by atoms with Crippen molar-refractivity contribution in [3.8, 4) is 5.75 Å². The maximum atomic E-state index is 11.8. The Kier molecular flexibility index (Phi) is 6.15. The number of amides is 1. The monoisotopic (exact) mass is 424 g/mol. The summed E-state index contributed by atoms with van der Waals surface area (Å²) in [6.07, 6.45) is 1.84. The second-order valence-electron chi connectivity index (χ2n) is 4.48. The SMILES string of the molecule is COc1ccc(Br)cc1/C=N/NC(=O)Cc1ccc(Br)cc1. The Balaban J connectivity index is 1.96. The summed E-state index contributed by atoms with van der Waals surface area (Å²) >= 11 is 6.75. The number of hydrogen-bond acceptors (Lipinski definition) is 3. The van der Waals surface area contributed by atoms with Gasteiger partial charge in [-0.3, -0.25) is 4.79 Å². The average molecular weight is 426 g/mol. The minimum Gasteiger partial charge on any atom is -0.496 e. The molecule has 0 fully saturated rings. The fourth-order valence-corrected chi connectivity index (χ4v) is 2.45. The molecule has 0 saturated heterocycles. The lowest BCUT2D eigenvalue weighted by atomic mass is 10.1. The maximum absolute atomic E-state index is 11.8. The van der Waals surface area contributed by atoms with Crippen molar-refractivity contribution in [3.05, 3.63) is 62.5 Å². The minimum atomic E-state index is -0.174. The number of carbonyl (C=O) groups excluding carboxylic acids is 1. The van der Waals surface area contributed by atoms with Gasteiger partial charge in [-0.25, -0.2) is 5.43 Å². The molecule has 0 unspecified atom stereocenters. The molecule has 0 heterocycles. The van der Waals surface area contributed by atoms with Crippen LogP contribution in [-0.4, -0.2) is 19.2 Å². The van der Waals surface area contributed by atoms with Gasteiger partial charge in [-0.05, 0) is 35.9 Å². The van der Waals surface area contributed by atoms with Gasteiger partial charge in [-0.15, -0.1) is 0 Å². The summed E-state index contributed by atoms with van der Waals surface area (Å²) < 4.78 is 7.13. The number of nitrogens with zero attached hydrogens (tertiary/aromatic N) is 1. The summed E-state index contributed by atoms with van der Waals surface area (Å²) in [6.45, 7) is 0. The van der Waals surface area contributed by atoms with E-state index in [2.05, 4.69) is 42.4 Å². The van der Waals surface area contributed by atoms with Crippen LogP contribution < -0.4 is 10.2 Å². The molecule has 0 aliphatic rings. The lowest BCUT2D eigenvalue weighted by molar-refractivity contribution is -0.120. The summed E-state index contributed by atoms with van der Waals surface area (Å²) in [5.41, 5.74) is 4.22. The number of nitrogens with one attached hydrogen (secondary N) is 1. The zero-order valence-electron chi connectivity index (χ0n) is 11.8. The first-order chi connectivity index (χ1) is 10.6. The molecule has 1 amide bonds. The first kappa shape index (κ1) is 16.7. The van der Waals surface area contributed by atoms with Gasteiger partial charge in [-0.2, -0.15) is 5.10 Å². The third-order valence-corrected chi connectivity index (χ3v) is 3.88. The molecule has 2 aromatic rings. The van der Waals surface area contributed by atoms with Crippen LogP contribution in [0.25, 0.3) is 0 Å². The van der Waals surface area contributed by atoms with E-state index in [1.807, 2.05) is 42.5 Å². The predicted molar refractivity (Wildman–Crippen MR) is 94.3 cm³/mol. The number of ether oxygens (including phenoxy) is 1. The molecule has 2 rings (SSSR count). The van der Waals surface area contributed by atoms with Crippen molar-refractivity contribution in [3.63, 3.8) is 0 Å². The number of halogens is 2. The number of hydrazone groups is 1. The fraction of sp³-hybridized carbons (Fsp3) is 0.125. The zero-order valence-corrected chi connectivity index (χ0v) is 15.0. The number of rotatable bonds is 5. The summed E-state index contributed by atoms with van der Waals surface area (Å²) in [5, 5.41) is 3.97. The molecule has 0 radical (unpaired) electrons. The largest absolute Gasteiger partial charge is 0.496 e. The second kappa shape index (κ2) is 8.10. The van der Waals surface area contributed by atoms with Crippen molar-refractivity contribution in [2.24, 2.45) is 5.10 Å². The van der Waals surface area contributed by atoms with Gasteiger partial charge in [0.05, 0.1) is 19.7 Å². The van der Waals surface area contributed by atoms with Gasteiger partial charge in [0.15, 0.2) is 0 Å². The molecule has 0 atom stereocenters. The molecule has 0 bridgehead atoms. The molecule has 0 aliphatic heterocycles. The summed E-state index contributed by atoms with van der Waals surface area (Å²) in [7, 11) is 1.59. The van der Waals surface area contributed by atoms with Gasteiger partial charge in [0, 0.05) is 14.5 Å². The predicted octanol–water partition coefficient (Wildman–Crippen LogP) is 3.91. The van der Waals surface area contributed by atoms with Crippen LogP contribution in [-0.2, 0) is 11.2 Å². The van der Waals surface area contributed by atoms with Gasteiger partial charge in [0.2, 0.25) is 5.91 Å². The maximum Gasteiger partial charge on any atom is 0.244 e. The molecular formula is C16H14Br2N2O2. The van der Waals surface area contributed by atoms with E-state index in [9.17, 15) is 4.79 Å². The molecule has 2 aromatic carbocycles. The normalized spacial score (nSPS) is 10.7. The van der Waals surface area contributed by atoms with Crippen LogP contribution in [0.5, 0.6) is 5.75 Å². The van der Waals surface area contributed by atoms with Gasteiger partial charge < -0.3 is 4.74 Å². The molecule has 4 nitrogen and oxygen atoms in total. The van der Waals surface area contributed by atoms with Crippen LogP contribution in [0.3, 0.4) is 0 Å². The molecule has 22 heavy (non-hydrogen) atoms. The highest BCUT2D eigenvalue weighted by Crippen LogP contribution is 2.21. The summed E-state index contributed by atoms with van der Waals surface area (Å²) in [4.78, 5) is 11.8. The quantitative estimate of drug-likeness (QED) is 0.583. The molecular weight excluding hydrogens is 412 g/mol. The Morgan fingerprint density at radius 2 is 1.86 bits per heavy atom. The zero-order chi connectivity index (χ0) is 15.9. The van der Waals surface area contributed by atoms with Crippen LogP contribution in [0.4, 0.5) is 0 Å². The highest BCUT2D eigenvalue weighted by molar-refractivity contribution is 9.10. The Morgan fingerprint density at radius 1 is 1.18 bits per heavy atom. The van der Waals surface area contributed by atoms with Gasteiger partial charge in [0.25, 0.3) is 0 Å². The van der Waals surface area contributed by atoms with Gasteiger partial charge in [0.1, 0.15) is 5.75 Å². The van der Waals surface area contributed by atoms with E-state index in [4.69, 9.17) is 4.74 Å². The van der Waals surface area contributed by atoms with Gasteiger partial charge >= 0.3 is 0 Å². The van der Waals surface area contributed by atoms with Crippen LogP contribution in [0.1, 0.15) is 11.1 Å². The number of carbonyl (C=O) groups is 1. The minimum absolute atomic E-state index is 0.174. The molecule has 0 saturated carbocycles. The lowest BCUT2D eigenvalue weighted by Gasteiger charge is -2.05. The topological polar surface area (TPSA) is 50.7 Å². The van der Waals surface area contributed by atoms with E-state index in [1.54, 1.807) is 13.3 Å². The van der Waals surface area contributed by atoms with E-state index in [1.165, 1.54) is 0 Å². The third kappa shape index (κ3) is 4.96. The molecule has 1 N–H and O–H groups in total. The number of methoxy groups -OCH3 is 1. The summed E-state index contributed by atoms with van der Waals surface area (Å²) in [6, 6.07) is 13.2. The van der Waals surface area contributed by atoms with Crippen molar-refractivity contribution in [1.82, 2.24) is 5.43 Å². The van der Waals surface area contributed by atoms with Crippen molar-refractivity contribution in [2.45, 2.75) is 6.42 Å². The average Bonchev–Trinajstić information content (AvgIpc) is 2.50. The molecule has 0 spiro atoms. The van der Waals surface area contributed by atoms with Crippen molar-refractivity contribution in [1.29, 1.82) is 0 Å². The Hall–Kier alpha value is -1.66. The summed E-state index contributed by atoms with van der Waals surface area (Å²) in [5.74, 6) is 0.515. The van der Waals surface area contributed by atoms with Crippen LogP contribution >= 0.6 is 31.9 Å². The molecule has 0 aliphatic carbocycles. The smallest absolute Gasteiger partial charge is 0.244 e. The van der Waals surface area contributed by atoms with E-state index in [-0.39, 0.29) is 12.3 Å². The van der Waals surface area contributed by atoms with Crippen LogP contribution in [0, 0.1) is 0 Å². The van der Waals surface area contributed by atoms with E-state index >= 15 is 0 Å². The molecule has 6 heteroatoms. The highest BCUT2D eigenvalue weighted by atomic mass is 79.9. The first-order valence-corrected chi connectivity index (χ1v) is 8.07. The van der Waals surface area contributed by atoms with Crippen LogP contribution in [0.15, 0.2) is 56.5 Å². The second-order valence-corrected chi connectivity index (χ2v) is 6.31. The van der Waals surface area contributed by atoms with Crippen molar-refractivity contribution in [2.75, 3.05) is 7.11 Å². The van der Waals surface area contributed by atoms with Crippen molar-refractivity contribution >= 4 is 44.0 Å². The fourth-order valence-electron chi connectivity index (χ4n) is 1.81. The third-order valence-electron chi connectivity index (χ3n) is 2.86. The van der Waals surface area contributed by atoms with Crippen molar-refractivity contribution < 1.29 is 9.53 Å². The molecule has 114 valence electrons.